The molecule has 0 aliphatic carbocycles. The van der Waals surface area contributed by atoms with Crippen molar-refractivity contribution in [1.29, 1.82) is 0 Å². The molecule has 0 aromatic heterocycles. The summed E-state index contributed by atoms with van der Waals surface area (Å²) in [5, 5.41) is 37.4. The largest absolute Gasteiger partial charge is 0.478 e. The Hall–Kier alpha value is -5.00. The minimum absolute atomic E-state index is 0.0771. The Balaban J connectivity index is 2.64. The second-order valence-corrected chi connectivity index (χ2v) is 5.83. The normalized spacial score (nSPS) is 11.0. The van der Waals surface area contributed by atoms with Crippen molar-refractivity contribution in [3.63, 3.8) is 0 Å². The summed E-state index contributed by atoms with van der Waals surface area (Å²) in [6.07, 6.45) is 0.652. The first-order chi connectivity index (χ1) is 15.1. The third kappa shape index (κ3) is 5.13. The highest BCUT2D eigenvalue weighted by molar-refractivity contribution is 5.98. The van der Waals surface area contributed by atoms with E-state index in [0.717, 1.165) is 36.4 Å². The summed E-state index contributed by atoms with van der Waals surface area (Å²) in [6, 6.07) is 5.78. The molecule has 0 bridgehead atoms. The molecule has 0 saturated heterocycles. The van der Waals surface area contributed by atoms with E-state index >= 15 is 0 Å². The maximum absolute atomic E-state index is 11.7. The third-order valence-electron chi connectivity index (χ3n) is 3.76. The molecule has 0 unspecified atom stereocenters. The van der Waals surface area contributed by atoms with Gasteiger partial charge in [0.05, 0.1) is 0 Å². The van der Waals surface area contributed by atoms with E-state index in [9.17, 15) is 49.2 Å². The summed E-state index contributed by atoms with van der Waals surface area (Å²) in [6.45, 7) is 0. The number of rotatable bonds is 10. The van der Waals surface area contributed by atoms with Crippen molar-refractivity contribution in [2.24, 2.45) is 0 Å². The zero-order valence-corrected chi connectivity index (χ0v) is 15.7. The van der Waals surface area contributed by atoms with Crippen LogP contribution in [-0.4, -0.2) is 56.9 Å². The van der Waals surface area contributed by atoms with Gasteiger partial charge in [0.1, 0.15) is 35.2 Å². The lowest BCUT2D eigenvalue weighted by Crippen LogP contribution is -2.21. The minimum atomic E-state index is -1.99. The molecule has 164 valence electrons. The van der Waals surface area contributed by atoms with Crippen LogP contribution in [0.25, 0.3) is 0 Å². The molecule has 2 aromatic rings. The Morgan fingerprint density at radius 3 is 1.22 bits per heavy atom. The summed E-state index contributed by atoms with van der Waals surface area (Å²) >= 11 is 0. The molecule has 2 rings (SSSR count). The first-order valence-electron chi connectivity index (χ1n) is 8.30. The van der Waals surface area contributed by atoms with E-state index in [0.29, 0.717) is 12.6 Å². The number of carboxylic acids is 4. The molecule has 0 heterocycles. The first-order valence-corrected chi connectivity index (χ1v) is 8.30. The number of hydrogen-bond donors (Lipinski definition) is 4. The average Bonchev–Trinajstić information content (AvgIpc) is 2.75. The molecule has 12 nitrogen and oxygen atoms in total. The lowest BCUT2D eigenvalue weighted by molar-refractivity contribution is -0.139. The van der Waals surface area contributed by atoms with Crippen molar-refractivity contribution in [3.05, 3.63) is 70.2 Å². The van der Waals surface area contributed by atoms with Gasteiger partial charge in [-0.25, -0.2) is 19.2 Å². The monoisotopic (exact) mass is 444 g/mol. The van der Waals surface area contributed by atoms with Crippen LogP contribution in [0.4, 0.5) is 0 Å². The molecular formula is C20H12O12. The van der Waals surface area contributed by atoms with E-state index in [2.05, 4.69) is 0 Å². The number of hydrogen-bond acceptors (Lipinski definition) is 8. The number of carbonyl (C=O) groups excluding carboxylic acids is 2. The fourth-order valence-electron chi connectivity index (χ4n) is 2.35. The maximum Gasteiger partial charge on any atom is 0.376 e. The smallest absolute Gasteiger partial charge is 0.376 e. The van der Waals surface area contributed by atoms with Gasteiger partial charge in [-0.15, -0.1) is 0 Å². The molecule has 0 atom stereocenters. The van der Waals surface area contributed by atoms with Crippen LogP contribution >= 0.6 is 0 Å². The van der Waals surface area contributed by atoms with Crippen LogP contribution < -0.4 is 9.47 Å². The van der Waals surface area contributed by atoms with Crippen LogP contribution in [0.2, 0.25) is 0 Å². The second-order valence-electron chi connectivity index (χ2n) is 5.83. The standard InChI is InChI=1S/C20H12O12/c21-7-9-1-3-13(11(5-9)17(23)24)31-15(19(27)28)16(20(29)30)32-14-4-2-10(8-22)6-12(14)18(25)26/h1-8H,(H,23,24)(H,25,26)(H,27,28)(H,29,30). The van der Waals surface area contributed by atoms with Crippen LogP contribution in [0, 0.1) is 0 Å². The van der Waals surface area contributed by atoms with E-state index in [1.165, 1.54) is 0 Å². The fourth-order valence-corrected chi connectivity index (χ4v) is 2.35. The van der Waals surface area contributed by atoms with Crippen molar-refractivity contribution in [1.82, 2.24) is 0 Å². The van der Waals surface area contributed by atoms with Crippen molar-refractivity contribution in [3.8, 4) is 11.5 Å². The van der Waals surface area contributed by atoms with E-state index < -0.39 is 58.0 Å². The topological polar surface area (TPSA) is 202 Å². The number of carboxylic acid groups (broad SMARTS) is 4. The highest BCUT2D eigenvalue weighted by Gasteiger charge is 2.29. The van der Waals surface area contributed by atoms with Gasteiger partial charge >= 0.3 is 23.9 Å². The lowest BCUT2D eigenvalue weighted by atomic mass is 10.1. The van der Waals surface area contributed by atoms with Crippen molar-refractivity contribution in [2.75, 3.05) is 0 Å². The van der Waals surface area contributed by atoms with Crippen LogP contribution in [0.15, 0.2) is 47.9 Å². The molecule has 2 aromatic carbocycles. The summed E-state index contributed by atoms with van der Waals surface area (Å²) in [5.74, 6) is -11.2. The summed E-state index contributed by atoms with van der Waals surface area (Å²) < 4.78 is 9.97. The number of ether oxygens (including phenoxy) is 2. The Bertz CT molecular complexity index is 1080. The van der Waals surface area contributed by atoms with Gasteiger partial charge in [-0.2, -0.15) is 0 Å². The molecule has 32 heavy (non-hydrogen) atoms. The highest BCUT2D eigenvalue weighted by atomic mass is 16.6. The average molecular weight is 444 g/mol. The molecule has 0 aliphatic heterocycles. The maximum atomic E-state index is 11.7. The van der Waals surface area contributed by atoms with Gasteiger partial charge in [-0.05, 0) is 36.4 Å². The predicted molar refractivity (Wildman–Crippen MR) is 101 cm³/mol. The Morgan fingerprint density at radius 2 is 0.969 bits per heavy atom. The summed E-state index contributed by atoms with van der Waals surface area (Å²) in [4.78, 5) is 67.9. The van der Waals surface area contributed by atoms with Crippen LogP contribution in [0.1, 0.15) is 41.4 Å². The van der Waals surface area contributed by atoms with Crippen molar-refractivity contribution >= 4 is 36.4 Å². The first kappa shape index (κ1) is 23.3. The molecule has 0 aliphatic rings. The quantitative estimate of drug-likeness (QED) is 0.234. The molecule has 0 amide bonds. The van der Waals surface area contributed by atoms with Crippen molar-refractivity contribution < 1.29 is 58.7 Å². The summed E-state index contributed by atoms with van der Waals surface area (Å²) in [7, 11) is 0. The molecule has 12 heteroatoms. The molecule has 0 saturated carbocycles. The second kappa shape index (κ2) is 9.67. The predicted octanol–water partition coefficient (Wildman–Crippen LogP) is 1.55. The van der Waals surface area contributed by atoms with Gasteiger partial charge in [0.25, 0.3) is 11.5 Å². The molecule has 4 N–H and O–H groups in total. The van der Waals surface area contributed by atoms with Gasteiger partial charge in [0.2, 0.25) is 0 Å². The van der Waals surface area contributed by atoms with Crippen LogP contribution in [0.5, 0.6) is 11.5 Å². The van der Waals surface area contributed by atoms with E-state index in [-0.39, 0.29) is 11.1 Å². The van der Waals surface area contributed by atoms with Gasteiger partial charge in [0.15, 0.2) is 0 Å². The Morgan fingerprint density at radius 1 is 0.625 bits per heavy atom. The number of aldehydes is 2. The minimum Gasteiger partial charge on any atom is -0.478 e. The highest BCUT2D eigenvalue weighted by Crippen LogP contribution is 2.27. The Kier molecular flexibility index (Phi) is 7.03. The number of benzene rings is 2. The van der Waals surface area contributed by atoms with Gasteiger partial charge < -0.3 is 29.9 Å². The van der Waals surface area contributed by atoms with Crippen LogP contribution in [0.3, 0.4) is 0 Å². The molecular weight excluding hydrogens is 432 g/mol. The molecule has 0 radical (unpaired) electrons. The third-order valence-corrected chi connectivity index (χ3v) is 3.76. The Labute approximate surface area is 177 Å². The van der Waals surface area contributed by atoms with Crippen molar-refractivity contribution in [2.45, 2.75) is 0 Å². The molecule has 0 spiro atoms. The SMILES string of the molecule is O=Cc1ccc(OC(C(=O)O)=C(Oc2ccc(C=O)cc2C(=O)O)C(=O)O)c(C(=O)O)c1. The fraction of sp³-hybridized carbons (Fsp3) is 0. The van der Waals surface area contributed by atoms with E-state index in [1.807, 2.05) is 0 Å². The van der Waals surface area contributed by atoms with E-state index in [4.69, 9.17) is 9.47 Å². The zero-order chi connectivity index (χ0) is 24.0. The number of aliphatic carboxylic acids is 2. The van der Waals surface area contributed by atoms with Crippen LogP contribution in [-0.2, 0) is 9.59 Å². The zero-order valence-electron chi connectivity index (χ0n) is 15.7. The lowest BCUT2D eigenvalue weighted by Gasteiger charge is -2.14. The summed E-state index contributed by atoms with van der Waals surface area (Å²) in [5.41, 5.74) is -1.46. The number of aromatic carboxylic acids is 2. The number of carbonyl (C=O) groups is 6. The molecule has 0 fully saturated rings. The van der Waals surface area contributed by atoms with Gasteiger partial charge in [-0.3, -0.25) is 9.59 Å². The van der Waals surface area contributed by atoms with Gasteiger partial charge in [-0.1, -0.05) is 0 Å². The van der Waals surface area contributed by atoms with E-state index in [1.54, 1.807) is 0 Å². The van der Waals surface area contributed by atoms with Gasteiger partial charge in [0, 0.05) is 11.1 Å².